The zero-order valence-corrected chi connectivity index (χ0v) is 13.1. The van der Waals surface area contributed by atoms with Crippen LogP contribution in [0.25, 0.3) is 0 Å². The van der Waals surface area contributed by atoms with Gasteiger partial charge in [-0.1, -0.05) is 25.3 Å². The molecule has 0 aromatic heterocycles. The number of hydrogen-bond acceptors (Lipinski definition) is 3. The molecule has 0 heterocycles. The molecule has 5 nitrogen and oxygen atoms in total. The van der Waals surface area contributed by atoms with Crippen LogP contribution in [0.5, 0.6) is 0 Å². The summed E-state index contributed by atoms with van der Waals surface area (Å²) in [6.07, 6.45) is 7.02. The first-order valence-corrected chi connectivity index (χ1v) is 7.73. The molecule has 1 aromatic carbocycles. The van der Waals surface area contributed by atoms with Gasteiger partial charge in [0, 0.05) is 5.56 Å². The van der Waals surface area contributed by atoms with Crippen molar-refractivity contribution in [3.8, 4) is 6.07 Å². The molecule has 1 atom stereocenters. The molecule has 0 aliphatic rings. The number of rotatable bonds is 10. The Bertz CT molecular complexity index is 573. The fraction of sp³-hybridized carbons (Fsp3) is 0.389. The monoisotopic (exact) mass is 314 g/mol. The van der Waals surface area contributed by atoms with Gasteiger partial charge < -0.3 is 10.4 Å². The number of aliphatic carboxylic acids is 1. The average Bonchev–Trinajstić information content (AvgIpc) is 2.56. The lowest BCUT2D eigenvalue weighted by atomic mass is 10.1. The minimum absolute atomic E-state index is 0.348. The summed E-state index contributed by atoms with van der Waals surface area (Å²) in [7, 11) is 0. The summed E-state index contributed by atoms with van der Waals surface area (Å²) in [6.45, 7) is 3.66. The van der Waals surface area contributed by atoms with E-state index in [-0.39, 0.29) is 0 Å². The molecule has 122 valence electrons. The van der Waals surface area contributed by atoms with Crippen LogP contribution in [0, 0.1) is 11.3 Å². The molecule has 0 bridgehead atoms. The first kappa shape index (κ1) is 18.4. The molecule has 1 aromatic rings. The number of unbranched alkanes of at least 4 members (excludes halogenated alkanes) is 4. The lowest BCUT2D eigenvalue weighted by Crippen LogP contribution is -2.40. The number of allylic oxidation sites excluding steroid dienone is 1. The number of carboxylic acid groups (broad SMARTS) is 1. The maximum atomic E-state index is 12.1. The third-order valence-corrected chi connectivity index (χ3v) is 3.53. The molecular weight excluding hydrogens is 292 g/mol. The lowest BCUT2D eigenvalue weighted by molar-refractivity contribution is -0.139. The van der Waals surface area contributed by atoms with Gasteiger partial charge in [0.25, 0.3) is 5.91 Å². The normalized spacial score (nSPS) is 11.3. The van der Waals surface area contributed by atoms with Gasteiger partial charge in [-0.05, 0) is 43.5 Å². The van der Waals surface area contributed by atoms with Crippen molar-refractivity contribution in [1.29, 1.82) is 5.26 Å². The van der Waals surface area contributed by atoms with Gasteiger partial charge in [0.1, 0.15) is 6.04 Å². The van der Waals surface area contributed by atoms with Gasteiger partial charge in [0.05, 0.1) is 11.6 Å². The topological polar surface area (TPSA) is 90.2 Å². The second-order valence-corrected chi connectivity index (χ2v) is 5.33. The van der Waals surface area contributed by atoms with Gasteiger partial charge >= 0.3 is 5.97 Å². The van der Waals surface area contributed by atoms with Crippen molar-refractivity contribution in [3.63, 3.8) is 0 Å². The van der Waals surface area contributed by atoms with E-state index in [4.69, 9.17) is 5.26 Å². The zero-order chi connectivity index (χ0) is 17.1. The first-order valence-electron chi connectivity index (χ1n) is 7.73. The van der Waals surface area contributed by atoms with Crippen molar-refractivity contribution in [2.24, 2.45) is 0 Å². The molecule has 0 spiro atoms. The lowest BCUT2D eigenvalue weighted by Gasteiger charge is -2.14. The number of carbonyl (C=O) groups excluding carboxylic acids is 1. The van der Waals surface area contributed by atoms with Crippen LogP contribution in [0.3, 0.4) is 0 Å². The van der Waals surface area contributed by atoms with Crippen molar-refractivity contribution in [3.05, 3.63) is 48.0 Å². The Kier molecular flexibility index (Phi) is 8.16. The summed E-state index contributed by atoms with van der Waals surface area (Å²) < 4.78 is 0. The first-order chi connectivity index (χ1) is 11.1. The number of nitriles is 1. The molecule has 1 amide bonds. The van der Waals surface area contributed by atoms with Gasteiger partial charge in [0.2, 0.25) is 0 Å². The number of carbonyl (C=O) groups is 2. The van der Waals surface area contributed by atoms with E-state index >= 15 is 0 Å². The Morgan fingerprint density at radius 3 is 2.43 bits per heavy atom. The van der Waals surface area contributed by atoms with Crippen molar-refractivity contribution in [2.75, 3.05) is 0 Å². The molecule has 0 unspecified atom stereocenters. The number of nitrogens with one attached hydrogen (secondary N) is 1. The predicted molar refractivity (Wildman–Crippen MR) is 87.9 cm³/mol. The highest BCUT2D eigenvalue weighted by Gasteiger charge is 2.20. The minimum atomic E-state index is -1.03. The smallest absolute Gasteiger partial charge is 0.326 e. The van der Waals surface area contributed by atoms with E-state index in [9.17, 15) is 14.7 Å². The van der Waals surface area contributed by atoms with Gasteiger partial charge in [-0.3, -0.25) is 4.79 Å². The standard InChI is InChI=1S/C18H22N2O3/c1-2-3-4-5-6-7-8-16(18(22)23)20-17(21)15-11-9-14(13-19)10-12-15/h2,9-12,16H,1,3-8H2,(H,20,21)(H,22,23)/t16-/m1/s1. The van der Waals surface area contributed by atoms with Gasteiger partial charge in [0.15, 0.2) is 0 Å². The third-order valence-electron chi connectivity index (χ3n) is 3.53. The van der Waals surface area contributed by atoms with Crippen LogP contribution in [0.4, 0.5) is 0 Å². The average molecular weight is 314 g/mol. The molecular formula is C18H22N2O3. The van der Waals surface area contributed by atoms with E-state index in [0.717, 1.165) is 32.1 Å². The van der Waals surface area contributed by atoms with Crippen molar-refractivity contribution >= 4 is 11.9 Å². The Balaban J connectivity index is 2.48. The number of amides is 1. The maximum Gasteiger partial charge on any atom is 0.326 e. The maximum absolute atomic E-state index is 12.1. The highest BCUT2D eigenvalue weighted by atomic mass is 16.4. The van der Waals surface area contributed by atoms with Crippen molar-refractivity contribution < 1.29 is 14.7 Å². The highest BCUT2D eigenvalue weighted by Crippen LogP contribution is 2.09. The molecule has 1 rings (SSSR count). The number of benzene rings is 1. The third kappa shape index (κ3) is 6.79. The summed E-state index contributed by atoms with van der Waals surface area (Å²) in [4.78, 5) is 23.3. The largest absolute Gasteiger partial charge is 0.480 e. The number of carboxylic acids is 1. The minimum Gasteiger partial charge on any atom is -0.480 e. The van der Waals surface area contributed by atoms with E-state index in [0.29, 0.717) is 17.5 Å². The molecule has 0 aliphatic heterocycles. The summed E-state index contributed by atoms with van der Waals surface area (Å²) in [5.74, 6) is -1.47. The molecule has 0 saturated carbocycles. The number of hydrogen-bond donors (Lipinski definition) is 2. The predicted octanol–water partition coefficient (Wildman–Crippen LogP) is 3.27. The quantitative estimate of drug-likeness (QED) is 0.512. The summed E-state index contributed by atoms with van der Waals surface area (Å²) in [6, 6.07) is 7.17. The number of nitrogens with zero attached hydrogens (tertiary/aromatic N) is 1. The van der Waals surface area contributed by atoms with E-state index in [1.165, 1.54) is 24.3 Å². The van der Waals surface area contributed by atoms with Gasteiger partial charge in [-0.25, -0.2) is 4.79 Å². The Labute approximate surface area is 136 Å². The van der Waals surface area contributed by atoms with Gasteiger partial charge in [-0.15, -0.1) is 6.58 Å². The van der Waals surface area contributed by atoms with Crippen molar-refractivity contribution in [2.45, 2.75) is 44.6 Å². The van der Waals surface area contributed by atoms with Crippen LogP contribution in [0.2, 0.25) is 0 Å². The van der Waals surface area contributed by atoms with Crippen LogP contribution in [0.15, 0.2) is 36.9 Å². The fourth-order valence-corrected chi connectivity index (χ4v) is 2.19. The molecule has 2 N–H and O–H groups in total. The van der Waals surface area contributed by atoms with E-state index in [1.807, 2.05) is 12.1 Å². The Hall–Kier alpha value is -2.61. The van der Waals surface area contributed by atoms with Crippen LogP contribution in [-0.4, -0.2) is 23.0 Å². The van der Waals surface area contributed by atoms with Crippen LogP contribution in [0.1, 0.15) is 54.4 Å². The molecule has 0 fully saturated rings. The molecule has 5 heteroatoms. The highest BCUT2D eigenvalue weighted by molar-refractivity contribution is 5.96. The van der Waals surface area contributed by atoms with E-state index < -0.39 is 17.9 Å². The zero-order valence-electron chi connectivity index (χ0n) is 13.1. The van der Waals surface area contributed by atoms with E-state index in [1.54, 1.807) is 0 Å². The Morgan fingerprint density at radius 2 is 1.87 bits per heavy atom. The molecule has 0 aliphatic carbocycles. The van der Waals surface area contributed by atoms with Crippen LogP contribution >= 0.6 is 0 Å². The molecule has 23 heavy (non-hydrogen) atoms. The molecule has 0 saturated heterocycles. The Morgan fingerprint density at radius 1 is 1.22 bits per heavy atom. The van der Waals surface area contributed by atoms with Crippen molar-refractivity contribution in [1.82, 2.24) is 5.32 Å². The SMILES string of the molecule is C=CCCCCCC[C@@H](NC(=O)c1ccc(C#N)cc1)C(=O)O. The van der Waals surface area contributed by atoms with E-state index in [2.05, 4.69) is 11.9 Å². The molecule has 0 radical (unpaired) electrons. The summed E-state index contributed by atoms with van der Waals surface area (Å²) in [5.41, 5.74) is 0.803. The fourth-order valence-electron chi connectivity index (χ4n) is 2.19. The van der Waals surface area contributed by atoms with Crippen LogP contribution < -0.4 is 5.32 Å². The summed E-state index contributed by atoms with van der Waals surface area (Å²) >= 11 is 0. The van der Waals surface area contributed by atoms with Crippen LogP contribution in [-0.2, 0) is 4.79 Å². The second-order valence-electron chi connectivity index (χ2n) is 5.33. The van der Waals surface area contributed by atoms with Gasteiger partial charge in [-0.2, -0.15) is 5.26 Å². The summed E-state index contributed by atoms with van der Waals surface area (Å²) in [5, 5.41) is 20.5. The second kappa shape index (κ2) is 10.2.